The van der Waals surface area contributed by atoms with E-state index >= 15 is 0 Å². The van der Waals surface area contributed by atoms with Crippen LogP contribution in [-0.2, 0) is 52.4 Å². The average Bonchev–Trinajstić information content (AvgIpc) is 3.32. The molecule has 0 aromatic carbocycles. The van der Waals surface area contributed by atoms with Crippen molar-refractivity contribution in [1.29, 1.82) is 0 Å². The number of piperidine rings is 1. The molecule has 4 rings (SSSR count). The Kier molecular flexibility index (Phi) is 22.9. The lowest BCUT2D eigenvalue weighted by Crippen LogP contribution is -2.61. The molecule has 1 saturated carbocycles. The number of esters is 1. The number of methoxy groups -OCH3 is 3. The van der Waals surface area contributed by atoms with Crippen LogP contribution in [0.25, 0.3) is 0 Å². The molecule has 1 aliphatic carbocycles. The normalized spacial score (nSPS) is 37.6. The highest BCUT2D eigenvalue weighted by atomic mass is 16.6. The molecule has 0 spiro atoms. The van der Waals surface area contributed by atoms with Crippen LogP contribution in [0.3, 0.4) is 0 Å². The summed E-state index contributed by atoms with van der Waals surface area (Å²) in [7, 11) is 4.58. The molecule has 0 unspecified atom stereocenters. The third kappa shape index (κ3) is 15.3. The van der Waals surface area contributed by atoms with Gasteiger partial charge in [0.25, 0.3) is 11.7 Å². The Morgan fingerprint density at radius 1 is 0.853 bits per heavy atom. The lowest BCUT2D eigenvalue weighted by Gasteiger charge is -2.42. The highest BCUT2D eigenvalue weighted by Gasteiger charge is 2.53. The SMILES string of the molecule is CO[C@H]1C[C@@H]2CC[C@@H](C)[C@@](O)(O2)C(=O)C(=O)N2CCCC[C@H]2C(=O)O[C@H]([C@H](C)C[C@@H]2CC[C@@H](OCCO)[C@H](OC)C2)CC(=O)[C@H](C)C=C(C)[C@@H](O)[C@@H](OC)C(=O)[C@H](C)C[C@H](C)/C=C\C=C/C=C1C. The summed E-state index contributed by atoms with van der Waals surface area (Å²) in [4.78, 5) is 72.1. The number of ether oxygens (including phenoxy) is 6. The van der Waals surface area contributed by atoms with E-state index in [9.17, 15) is 39.3 Å². The first-order valence-electron chi connectivity index (χ1n) is 25.0. The zero-order chi connectivity index (χ0) is 50.3. The molecular formula is C53H83NO14. The predicted octanol–water partition coefficient (Wildman–Crippen LogP) is 6.20. The van der Waals surface area contributed by atoms with Gasteiger partial charge in [-0.25, -0.2) is 4.79 Å². The summed E-state index contributed by atoms with van der Waals surface area (Å²) >= 11 is 0. The summed E-state index contributed by atoms with van der Waals surface area (Å²) in [5.74, 6) is -7.96. The molecule has 1 amide bonds. The molecule has 2 saturated heterocycles. The number of hydrogen-bond acceptors (Lipinski definition) is 14. The van der Waals surface area contributed by atoms with Crippen molar-refractivity contribution in [3.63, 3.8) is 0 Å². The summed E-state index contributed by atoms with van der Waals surface area (Å²) < 4.78 is 35.6. The molecule has 15 atom stereocenters. The van der Waals surface area contributed by atoms with Gasteiger partial charge >= 0.3 is 5.97 Å². The Hall–Kier alpha value is -3.41. The maximum absolute atomic E-state index is 14.5. The van der Waals surface area contributed by atoms with E-state index in [0.717, 1.165) is 12.0 Å². The molecule has 384 valence electrons. The van der Waals surface area contributed by atoms with E-state index in [2.05, 4.69) is 0 Å². The van der Waals surface area contributed by atoms with Crippen molar-refractivity contribution in [2.24, 2.45) is 35.5 Å². The van der Waals surface area contributed by atoms with Gasteiger partial charge in [0.1, 0.15) is 30.1 Å². The number of Topliss-reactive ketones (excluding diaryl/α,β-unsaturated/α-hetero) is 3. The number of carbonyl (C=O) groups is 5. The van der Waals surface area contributed by atoms with E-state index in [-0.39, 0.29) is 74.1 Å². The Labute approximate surface area is 405 Å². The largest absolute Gasteiger partial charge is 0.460 e. The van der Waals surface area contributed by atoms with Crippen LogP contribution >= 0.6 is 0 Å². The van der Waals surface area contributed by atoms with E-state index in [0.29, 0.717) is 63.4 Å². The number of ketones is 3. The minimum atomic E-state index is -2.43. The zero-order valence-corrected chi connectivity index (χ0v) is 42.4. The van der Waals surface area contributed by atoms with Crippen LogP contribution in [0.1, 0.15) is 126 Å². The molecule has 0 radical (unpaired) electrons. The summed E-state index contributed by atoms with van der Waals surface area (Å²) in [6.07, 6.45) is 12.0. The average molecular weight is 958 g/mol. The van der Waals surface area contributed by atoms with Gasteiger partial charge in [-0.1, -0.05) is 71.1 Å². The van der Waals surface area contributed by atoms with Gasteiger partial charge in [-0.05, 0) is 107 Å². The van der Waals surface area contributed by atoms with Crippen molar-refractivity contribution < 1.29 is 67.7 Å². The number of amides is 1. The number of aliphatic hydroxyl groups excluding tert-OH is 2. The van der Waals surface area contributed by atoms with Crippen LogP contribution in [0.2, 0.25) is 0 Å². The molecule has 3 fully saturated rings. The van der Waals surface area contributed by atoms with Crippen molar-refractivity contribution in [2.75, 3.05) is 41.1 Å². The second-order valence-electron chi connectivity index (χ2n) is 20.2. The fourth-order valence-corrected chi connectivity index (χ4v) is 10.5. The standard InChI is InChI=1S/C53H83NO14/c1-32-16-12-11-13-17-33(2)44(63-8)30-40-21-19-38(7)53(62,68-40)50(59)51(60)54-23-15-14-18-41(54)52(61)67-45(35(4)28-39-20-22-43(66-25-24-55)46(29-39)64-9)31-42(56)34(3)27-37(6)48(58)49(65-10)47(57)36(5)26-32/h11-13,16-17,27,32,34-36,38-41,43-46,48-49,55,58,62H,14-15,18-26,28-31H2,1-10H3/b13-11-,16-12-,33-17?,37-27?/t32-,34-,35-,36-,38-,39+,40+,41+,43-,44+,45+,46-,48-,49+,53-/m1/s1. The van der Waals surface area contributed by atoms with Crippen LogP contribution in [-0.4, -0.2) is 145 Å². The van der Waals surface area contributed by atoms with E-state index < -0.39 is 77.8 Å². The molecule has 0 aromatic heterocycles. The first-order chi connectivity index (χ1) is 32.3. The molecule has 4 aliphatic rings. The van der Waals surface area contributed by atoms with Gasteiger partial charge in [-0.2, -0.15) is 0 Å². The Balaban J connectivity index is 1.70. The molecule has 15 nitrogen and oxygen atoms in total. The first-order valence-corrected chi connectivity index (χ1v) is 25.0. The molecule has 0 aromatic rings. The van der Waals surface area contributed by atoms with Crippen LogP contribution in [0.5, 0.6) is 0 Å². The topological polar surface area (TPSA) is 205 Å². The number of nitrogens with zero attached hydrogens (tertiary/aromatic N) is 1. The molecule has 3 aliphatic heterocycles. The molecule has 3 heterocycles. The van der Waals surface area contributed by atoms with Crippen molar-refractivity contribution >= 4 is 29.2 Å². The number of rotatable bonds is 9. The minimum absolute atomic E-state index is 0.0158. The number of fused-ring (bicyclic) bond motifs is 3. The highest BCUT2D eigenvalue weighted by molar-refractivity contribution is 6.39. The first kappa shape index (κ1) is 57.2. The van der Waals surface area contributed by atoms with E-state index in [1.165, 1.54) is 12.0 Å². The van der Waals surface area contributed by atoms with Crippen LogP contribution in [0, 0.1) is 35.5 Å². The maximum Gasteiger partial charge on any atom is 0.329 e. The fourth-order valence-electron chi connectivity index (χ4n) is 10.5. The molecule has 3 N–H and O–H groups in total. The third-order valence-electron chi connectivity index (χ3n) is 14.9. The van der Waals surface area contributed by atoms with Crippen LogP contribution in [0.4, 0.5) is 0 Å². The lowest BCUT2D eigenvalue weighted by atomic mass is 9.78. The zero-order valence-electron chi connectivity index (χ0n) is 42.4. The summed E-state index contributed by atoms with van der Waals surface area (Å²) in [5.41, 5.74) is 1.26. The number of hydrogen-bond donors (Lipinski definition) is 3. The van der Waals surface area contributed by atoms with Gasteiger partial charge < -0.3 is 48.6 Å². The van der Waals surface area contributed by atoms with Gasteiger partial charge in [0, 0.05) is 58.5 Å². The predicted molar refractivity (Wildman–Crippen MR) is 256 cm³/mol. The van der Waals surface area contributed by atoms with Crippen LogP contribution in [0.15, 0.2) is 47.6 Å². The Morgan fingerprint density at radius 3 is 2.26 bits per heavy atom. The van der Waals surface area contributed by atoms with Gasteiger partial charge in [0.15, 0.2) is 5.78 Å². The number of allylic oxidation sites excluding steroid dienone is 6. The van der Waals surface area contributed by atoms with Gasteiger partial charge in [0.2, 0.25) is 5.79 Å². The fraction of sp³-hybridized carbons (Fsp3) is 0.755. The molecule has 15 heteroatoms. The van der Waals surface area contributed by atoms with Crippen molar-refractivity contribution in [2.45, 2.75) is 180 Å². The summed E-state index contributed by atoms with van der Waals surface area (Å²) in [6.45, 7) is 12.9. The smallest absolute Gasteiger partial charge is 0.329 e. The Morgan fingerprint density at radius 2 is 1.59 bits per heavy atom. The molecule has 68 heavy (non-hydrogen) atoms. The van der Waals surface area contributed by atoms with Gasteiger partial charge in [-0.3, -0.25) is 19.2 Å². The molecule has 2 bridgehead atoms. The number of aliphatic hydroxyl groups is 3. The van der Waals surface area contributed by atoms with E-state index in [4.69, 9.17) is 28.4 Å². The minimum Gasteiger partial charge on any atom is -0.460 e. The van der Waals surface area contributed by atoms with Crippen LogP contribution < -0.4 is 0 Å². The highest BCUT2D eigenvalue weighted by Crippen LogP contribution is 2.38. The van der Waals surface area contributed by atoms with Crippen molar-refractivity contribution in [1.82, 2.24) is 4.90 Å². The monoisotopic (exact) mass is 958 g/mol. The van der Waals surface area contributed by atoms with E-state index in [1.54, 1.807) is 41.1 Å². The summed E-state index contributed by atoms with van der Waals surface area (Å²) in [6, 6.07) is -1.14. The van der Waals surface area contributed by atoms with Gasteiger partial charge in [0.05, 0.1) is 37.6 Å². The maximum atomic E-state index is 14.5. The van der Waals surface area contributed by atoms with Gasteiger partial charge in [-0.15, -0.1) is 0 Å². The third-order valence-corrected chi connectivity index (χ3v) is 14.9. The second kappa shape index (κ2) is 27.3. The second-order valence-corrected chi connectivity index (χ2v) is 20.2. The lowest BCUT2D eigenvalue weighted by molar-refractivity contribution is -0.265. The van der Waals surface area contributed by atoms with Crippen molar-refractivity contribution in [3.8, 4) is 0 Å². The Bertz CT molecular complexity index is 1810. The quantitative estimate of drug-likeness (QED) is 0.134. The summed E-state index contributed by atoms with van der Waals surface area (Å²) in [5, 5.41) is 32.8. The number of cyclic esters (lactones) is 1. The number of carbonyl (C=O) groups excluding carboxylic acids is 5. The van der Waals surface area contributed by atoms with E-state index in [1.807, 2.05) is 58.1 Å². The van der Waals surface area contributed by atoms with Crippen molar-refractivity contribution in [3.05, 3.63) is 47.6 Å². The molecular weight excluding hydrogens is 875 g/mol.